The summed E-state index contributed by atoms with van der Waals surface area (Å²) < 4.78 is 0. The van der Waals surface area contributed by atoms with Crippen LogP contribution in [0.5, 0.6) is 0 Å². The highest BCUT2D eigenvalue weighted by molar-refractivity contribution is 5.97. The molecule has 0 bridgehead atoms. The third-order valence-corrected chi connectivity index (χ3v) is 7.46. The largest absolute Gasteiger partial charge is 0.350 e. The zero-order valence-electron chi connectivity index (χ0n) is 24.1. The van der Waals surface area contributed by atoms with E-state index in [1.54, 1.807) is 23.8 Å². The number of likely N-dealkylation sites (N-methyl/N-ethyl adjacent to an activating group) is 1. The van der Waals surface area contributed by atoms with Crippen LogP contribution in [0.1, 0.15) is 44.7 Å². The molecule has 0 saturated carbocycles. The number of carbonyl (C=O) groups excluding carboxylic acids is 4. The van der Waals surface area contributed by atoms with Gasteiger partial charge in [-0.05, 0) is 43.2 Å². The second-order valence-corrected chi connectivity index (χ2v) is 10.7. The lowest BCUT2D eigenvalue weighted by Gasteiger charge is -2.32. The summed E-state index contributed by atoms with van der Waals surface area (Å²) in [6.07, 6.45) is 4.41. The highest BCUT2D eigenvalue weighted by Gasteiger charge is 2.37. The van der Waals surface area contributed by atoms with E-state index in [-0.39, 0.29) is 36.2 Å². The SMILES string of the molecule is CC(=C[C@H](C(C)C)N(C)C(=O)CNC=O)C(=O)N1CCC[C@H]1C(=O)N(CCc1ccccc1)Cc1ccccc1. The van der Waals surface area contributed by atoms with Gasteiger partial charge in [-0.25, -0.2) is 0 Å². The Morgan fingerprint density at radius 2 is 1.65 bits per heavy atom. The first-order valence-electron chi connectivity index (χ1n) is 14.0. The first-order valence-corrected chi connectivity index (χ1v) is 14.0. The summed E-state index contributed by atoms with van der Waals surface area (Å²) in [6, 6.07) is 19.2. The van der Waals surface area contributed by atoms with E-state index in [0.29, 0.717) is 38.0 Å². The highest BCUT2D eigenvalue weighted by atomic mass is 16.2. The lowest BCUT2D eigenvalue weighted by Crippen LogP contribution is -2.48. The molecule has 4 amide bonds. The van der Waals surface area contributed by atoms with Gasteiger partial charge in [-0.1, -0.05) is 80.6 Å². The summed E-state index contributed by atoms with van der Waals surface area (Å²) in [5.41, 5.74) is 2.71. The molecule has 2 aromatic rings. The van der Waals surface area contributed by atoms with Gasteiger partial charge in [0.15, 0.2) is 0 Å². The summed E-state index contributed by atoms with van der Waals surface area (Å²) in [5.74, 6) is -0.419. The van der Waals surface area contributed by atoms with E-state index in [9.17, 15) is 19.2 Å². The van der Waals surface area contributed by atoms with Crippen LogP contribution in [0.3, 0.4) is 0 Å². The number of carbonyl (C=O) groups is 4. The van der Waals surface area contributed by atoms with Gasteiger partial charge in [0.1, 0.15) is 6.04 Å². The van der Waals surface area contributed by atoms with Crippen molar-refractivity contribution in [3.63, 3.8) is 0 Å². The van der Waals surface area contributed by atoms with Crippen molar-refractivity contribution < 1.29 is 19.2 Å². The molecule has 214 valence electrons. The number of benzene rings is 2. The lowest BCUT2D eigenvalue weighted by atomic mass is 9.99. The number of rotatable bonds is 13. The molecular formula is C32H42N4O4. The van der Waals surface area contributed by atoms with Gasteiger partial charge in [0, 0.05) is 32.3 Å². The van der Waals surface area contributed by atoms with Crippen LogP contribution in [0, 0.1) is 5.92 Å². The molecule has 0 radical (unpaired) electrons. The second-order valence-electron chi connectivity index (χ2n) is 10.7. The van der Waals surface area contributed by atoms with Crippen LogP contribution >= 0.6 is 0 Å². The molecule has 2 atom stereocenters. The van der Waals surface area contributed by atoms with Gasteiger partial charge in [0.25, 0.3) is 0 Å². The van der Waals surface area contributed by atoms with Crippen molar-refractivity contribution in [1.29, 1.82) is 0 Å². The van der Waals surface area contributed by atoms with E-state index < -0.39 is 6.04 Å². The van der Waals surface area contributed by atoms with Gasteiger partial charge in [-0.2, -0.15) is 0 Å². The van der Waals surface area contributed by atoms with Crippen LogP contribution in [0.2, 0.25) is 0 Å². The molecule has 1 saturated heterocycles. The Labute approximate surface area is 238 Å². The van der Waals surface area contributed by atoms with Crippen molar-refractivity contribution in [3.05, 3.63) is 83.4 Å². The molecule has 0 aromatic heterocycles. The number of hydrogen-bond acceptors (Lipinski definition) is 4. The zero-order chi connectivity index (χ0) is 29.1. The Kier molecular flexibility index (Phi) is 11.5. The lowest BCUT2D eigenvalue weighted by molar-refractivity contribution is -0.142. The van der Waals surface area contributed by atoms with Crippen LogP contribution in [0.15, 0.2) is 72.3 Å². The van der Waals surface area contributed by atoms with Gasteiger partial charge in [-0.3, -0.25) is 19.2 Å². The van der Waals surface area contributed by atoms with Crippen molar-refractivity contribution in [1.82, 2.24) is 20.0 Å². The predicted molar refractivity (Wildman–Crippen MR) is 156 cm³/mol. The molecule has 1 aliphatic heterocycles. The maximum Gasteiger partial charge on any atom is 0.249 e. The average molecular weight is 547 g/mol. The summed E-state index contributed by atoms with van der Waals surface area (Å²) in [6.45, 7) is 7.16. The molecule has 0 aliphatic carbocycles. The first kappa shape index (κ1) is 30.6. The van der Waals surface area contributed by atoms with Crippen molar-refractivity contribution in [3.8, 4) is 0 Å². The number of hydrogen-bond donors (Lipinski definition) is 1. The molecule has 2 aromatic carbocycles. The molecular weight excluding hydrogens is 504 g/mol. The zero-order valence-corrected chi connectivity index (χ0v) is 24.1. The minimum atomic E-state index is -0.524. The number of nitrogens with zero attached hydrogens (tertiary/aromatic N) is 3. The quantitative estimate of drug-likeness (QED) is 0.308. The Hall–Kier alpha value is -3.94. The van der Waals surface area contributed by atoms with Crippen molar-refractivity contribution in [2.45, 2.75) is 58.7 Å². The van der Waals surface area contributed by atoms with Gasteiger partial charge in [0.05, 0.1) is 12.6 Å². The minimum Gasteiger partial charge on any atom is -0.350 e. The van der Waals surface area contributed by atoms with Crippen molar-refractivity contribution in [2.75, 3.05) is 26.7 Å². The summed E-state index contributed by atoms with van der Waals surface area (Å²) in [7, 11) is 1.67. The number of amides is 4. The van der Waals surface area contributed by atoms with Gasteiger partial charge in [0.2, 0.25) is 24.1 Å². The maximum atomic E-state index is 14.0. The van der Waals surface area contributed by atoms with Crippen LogP contribution in [-0.4, -0.2) is 77.6 Å². The Morgan fingerprint density at radius 1 is 1.02 bits per heavy atom. The van der Waals surface area contributed by atoms with Crippen molar-refractivity contribution in [2.24, 2.45) is 5.92 Å². The molecule has 1 aliphatic rings. The average Bonchev–Trinajstić information content (AvgIpc) is 3.46. The fraction of sp³-hybridized carbons (Fsp3) is 0.438. The molecule has 8 heteroatoms. The second kappa shape index (κ2) is 15.0. The smallest absolute Gasteiger partial charge is 0.249 e. The molecule has 1 fully saturated rings. The van der Waals surface area contributed by atoms with E-state index in [2.05, 4.69) is 17.4 Å². The molecule has 1 heterocycles. The standard InChI is InChI=1S/C32H42N4O4/c1-24(2)29(34(4)30(38)21-33-23-37)20-25(3)31(39)36-18-11-16-28(36)32(40)35(22-27-14-9-6-10-15-27)19-17-26-12-7-5-8-13-26/h5-10,12-15,20,23-24,28-29H,11,16-19,21-22H2,1-4H3,(H,33,37)/t28-,29+/m0/s1. The molecule has 1 N–H and O–H groups in total. The summed E-state index contributed by atoms with van der Waals surface area (Å²) >= 11 is 0. The molecule has 40 heavy (non-hydrogen) atoms. The first-order chi connectivity index (χ1) is 19.2. The van der Waals surface area contributed by atoms with E-state index in [1.165, 1.54) is 0 Å². The Morgan fingerprint density at radius 3 is 2.25 bits per heavy atom. The van der Waals surface area contributed by atoms with E-state index in [0.717, 1.165) is 24.0 Å². The normalized spacial score (nSPS) is 16.0. The van der Waals surface area contributed by atoms with Crippen LogP contribution < -0.4 is 5.32 Å². The molecule has 8 nitrogen and oxygen atoms in total. The summed E-state index contributed by atoms with van der Waals surface area (Å²) in [4.78, 5) is 55.9. The Balaban J connectivity index is 1.78. The molecule has 0 unspecified atom stereocenters. The van der Waals surface area contributed by atoms with E-state index in [1.807, 2.05) is 73.4 Å². The van der Waals surface area contributed by atoms with Crippen LogP contribution in [0.25, 0.3) is 0 Å². The topological polar surface area (TPSA) is 90.0 Å². The fourth-order valence-corrected chi connectivity index (χ4v) is 5.18. The van der Waals surface area contributed by atoms with Gasteiger partial charge < -0.3 is 20.0 Å². The third kappa shape index (κ3) is 8.28. The van der Waals surface area contributed by atoms with Gasteiger partial charge in [-0.15, -0.1) is 0 Å². The Bertz CT molecular complexity index is 1170. The van der Waals surface area contributed by atoms with Crippen LogP contribution in [-0.2, 0) is 32.1 Å². The van der Waals surface area contributed by atoms with Gasteiger partial charge >= 0.3 is 0 Å². The monoisotopic (exact) mass is 546 g/mol. The number of nitrogens with one attached hydrogen (secondary N) is 1. The molecule has 3 rings (SSSR count). The fourth-order valence-electron chi connectivity index (χ4n) is 5.18. The minimum absolute atomic E-state index is 0.0360. The maximum absolute atomic E-state index is 14.0. The summed E-state index contributed by atoms with van der Waals surface area (Å²) in [5, 5.41) is 2.40. The highest BCUT2D eigenvalue weighted by Crippen LogP contribution is 2.24. The molecule has 0 spiro atoms. The van der Waals surface area contributed by atoms with E-state index in [4.69, 9.17) is 0 Å². The predicted octanol–water partition coefficient (Wildman–Crippen LogP) is 3.42. The van der Waals surface area contributed by atoms with Crippen molar-refractivity contribution >= 4 is 24.1 Å². The number of likely N-dealkylation sites (tertiary alicyclic amines) is 1. The third-order valence-electron chi connectivity index (χ3n) is 7.46. The van der Waals surface area contributed by atoms with E-state index >= 15 is 0 Å². The van der Waals surface area contributed by atoms with Crippen LogP contribution in [0.4, 0.5) is 0 Å².